The largest absolute Gasteiger partial charge is 0.497 e. The first kappa shape index (κ1) is 15.7. The van der Waals surface area contributed by atoms with E-state index >= 15 is 0 Å². The third-order valence-corrected chi connectivity index (χ3v) is 3.63. The molecule has 0 atom stereocenters. The van der Waals surface area contributed by atoms with Crippen molar-refractivity contribution in [3.8, 4) is 16.9 Å². The van der Waals surface area contributed by atoms with Crippen molar-refractivity contribution in [2.24, 2.45) is 7.05 Å². The molecule has 1 N–H and O–H groups in total. The summed E-state index contributed by atoms with van der Waals surface area (Å²) in [7, 11) is 3.38. The van der Waals surface area contributed by atoms with E-state index < -0.39 is 0 Å². The number of carbonyl (C=O) groups excluding carboxylic acids is 1. The summed E-state index contributed by atoms with van der Waals surface area (Å²) in [6.45, 7) is 0.431. The fourth-order valence-electron chi connectivity index (χ4n) is 2.30. The van der Waals surface area contributed by atoms with Crippen LogP contribution in [0.1, 0.15) is 16.2 Å². The van der Waals surface area contributed by atoms with Gasteiger partial charge in [0.1, 0.15) is 12.1 Å². The maximum atomic E-state index is 11.9. The standard InChI is InChI=1S/C18H18N4O2/c1-22-12-20-17(21-22)18(23)19-11-13-3-5-14(6-4-13)15-7-9-16(24-2)10-8-15/h3-10,12H,11H2,1-2H3,(H,19,23). The summed E-state index contributed by atoms with van der Waals surface area (Å²) in [5.74, 6) is 0.725. The molecular weight excluding hydrogens is 304 g/mol. The molecule has 0 saturated carbocycles. The van der Waals surface area contributed by atoms with Crippen LogP contribution in [0.5, 0.6) is 5.75 Å². The van der Waals surface area contributed by atoms with Gasteiger partial charge in [-0.05, 0) is 28.8 Å². The zero-order chi connectivity index (χ0) is 16.9. The Labute approximate surface area is 140 Å². The maximum Gasteiger partial charge on any atom is 0.291 e. The lowest BCUT2D eigenvalue weighted by molar-refractivity contribution is 0.0940. The van der Waals surface area contributed by atoms with Crippen LogP contribution in [0, 0.1) is 0 Å². The zero-order valence-electron chi connectivity index (χ0n) is 13.6. The molecule has 2 aromatic carbocycles. The molecule has 24 heavy (non-hydrogen) atoms. The van der Waals surface area contributed by atoms with E-state index in [0.717, 1.165) is 22.4 Å². The van der Waals surface area contributed by atoms with Crippen LogP contribution in [0.15, 0.2) is 54.9 Å². The average Bonchev–Trinajstić information content (AvgIpc) is 3.07. The minimum Gasteiger partial charge on any atom is -0.497 e. The number of ether oxygens (including phenoxy) is 1. The Bertz CT molecular complexity index is 823. The van der Waals surface area contributed by atoms with E-state index in [1.165, 1.54) is 11.0 Å². The molecular formula is C18H18N4O2. The number of aryl methyl sites for hydroxylation is 1. The van der Waals surface area contributed by atoms with Crippen molar-refractivity contribution in [2.45, 2.75) is 6.54 Å². The van der Waals surface area contributed by atoms with E-state index in [1.54, 1.807) is 14.2 Å². The molecule has 0 spiro atoms. The molecule has 3 aromatic rings. The van der Waals surface area contributed by atoms with Crippen molar-refractivity contribution in [1.29, 1.82) is 0 Å². The second kappa shape index (κ2) is 6.95. The van der Waals surface area contributed by atoms with Crippen molar-refractivity contribution >= 4 is 5.91 Å². The van der Waals surface area contributed by atoms with Crippen molar-refractivity contribution in [3.63, 3.8) is 0 Å². The summed E-state index contributed by atoms with van der Waals surface area (Å²) in [6, 6.07) is 15.9. The van der Waals surface area contributed by atoms with Gasteiger partial charge in [-0.25, -0.2) is 4.98 Å². The first-order valence-electron chi connectivity index (χ1n) is 7.53. The number of nitrogens with zero attached hydrogens (tertiary/aromatic N) is 3. The molecule has 3 rings (SSSR count). The van der Waals surface area contributed by atoms with Crippen LogP contribution in [0.2, 0.25) is 0 Å². The normalized spacial score (nSPS) is 10.4. The highest BCUT2D eigenvalue weighted by Crippen LogP contribution is 2.22. The van der Waals surface area contributed by atoms with Crippen molar-refractivity contribution < 1.29 is 9.53 Å². The SMILES string of the molecule is COc1ccc(-c2ccc(CNC(=O)c3ncn(C)n3)cc2)cc1. The van der Waals surface area contributed by atoms with E-state index in [1.807, 2.05) is 48.5 Å². The average molecular weight is 322 g/mol. The Morgan fingerprint density at radius 3 is 2.25 bits per heavy atom. The molecule has 0 radical (unpaired) electrons. The maximum absolute atomic E-state index is 11.9. The van der Waals surface area contributed by atoms with Crippen molar-refractivity contribution in [1.82, 2.24) is 20.1 Å². The molecule has 0 aliphatic rings. The highest BCUT2D eigenvalue weighted by molar-refractivity contribution is 5.90. The molecule has 0 saturated heterocycles. The van der Waals surface area contributed by atoms with Crippen LogP contribution in [-0.4, -0.2) is 27.8 Å². The van der Waals surface area contributed by atoms with Crippen LogP contribution < -0.4 is 10.1 Å². The Balaban J connectivity index is 1.62. The molecule has 1 heterocycles. The number of hydrogen-bond acceptors (Lipinski definition) is 4. The Morgan fingerprint density at radius 2 is 1.71 bits per heavy atom. The number of carbonyl (C=O) groups is 1. The summed E-state index contributed by atoms with van der Waals surface area (Å²) in [4.78, 5) is 15.8. The van der Waals surface area contributed by atoms with Crippen LogP contribution in [0.3, 0.4) is 0 Å². The van der Waals surface area contributed by atoms with Gasteiger partial charge in [0, 0.05) is 13.6 Å². The number of amides is 1. The first-order valence-corrected chi connectivity index (χ1v) is 7.53. The lowest BCUT2D eigenvalue weighted by Crippen LogP contribution is -2.24. The Morgan fingerprint density at radius 1 is 1.08 bits per heavy atom. The highest BCUT2D eigenvalue weighted by atomic mass is 16.5. The van der Waals surface area contributed by atoms with E-state index in [4.69, 9.17) is 4.74 Å². The van der Waals surface area contributed by atoms with Gasteiger partial charge in [0.2, 0.25) is 5.82 Å². The lowest BCUT2D eigenvalue weighted by atomic mass is 10.0. The number of methoxy groups -OCH3 is 1. The molecule has 122 valence electrons. The van der Waals surface area contributed by atoms with Crippen LogP contribution >= 0.6 is 0 Å². The van der Waals surface area contributed by atoms with Crippen molar-refractivity contribution in [2.75, 3.05) is 7.11 Å². The lowest BCUT2D eigenvalue weighted by Gasteiger charge is -2.06. The van der Waals surface area contributed by atoms with Crippen LogP contribution in [-0.2, 0) is 13.6 Å². The molecule has 0 aliphatic heterocycles. The third kappa shape index (κ3) is 3.60. The van der Waals surface area contributed by atoms with Gasteiger partial charge >= 0.3 is 0 Å². The molecule has 6 nitrogen and oxygen atoms in total. The second-order valence-corrected chi connectivity index (χ2v) is 5.35. The van der Waals surface area contributed by atoms with E-state index in [-0.39, 0.29) is 11.7 Å². The minimum atomic E-state index is -0.283. The van der Waals surface area contributed by atoms with E-state index in [0.29, 0.717) is 6.54 Å². The summed E-state index contributed by atoms with van der Waals surface area (Å²) >= 11 is 0. The Hall–Kier alpha value is -3.15. The number of nitrogens with one attached hydrogen (secondary N) is 1. The topological polar surface area (TPSA) is 69.0 Å². The molecule has 0 fully saturated rings. The number of aromatic nitrogens is 3. The fourth-order valence-corrected chi connectivity index (χ4v) is 2.30. The summed E-state index contributed by atoms with van der Waals surface area (Å²) < 4.78 is 6.66. The van der Waals surface area contributed by atoms with Crippen LogP contribution in [0.4, 0.5) is 0 Å². The predicted molar refractivity (Wildman–Crippen MR) is 90.6 cm³/mol. The monoisotopic (exact) mass is 322 g/mol. The van der Waals surface area contributed by atoms with Crippen molar-refractivity contribution in [3.05, 3.63) is 66.2 Å². The van der Waals surface area contributed by atoms with Gasteiger partial charge in [-0.2, -0.15) is 0 Å². The smallest absolute Gasteiger partial charge is 0.291 e. The predicted octanol–water partition coefficient (Wildman–Crippen LogP) is 2.42. The summed E-state index contributed by atoms with van der Waals surface area (Å²) in [5.41, 5.74) is 3.24. The molecule has 6 heteroatoms. The summed E-state index contributed by atoms with van der Waals surface area (Å²) in [5, 5.41) is 6.78. The molecule has 1 amide bonds. The van der Waals surface area contributed by atoms with Gasteiger partial charge in [0.05, 0.1) is 7.11 Å². The van der Waals surface area contributed by atoms with Crippen LogP contribution in [0.25, 0.3) is 11.1 Å². The quantitative estimate of drug-likeness (QED) is 0.783. The highest BCUT2D eigenvalue weighted by Gasteiger charge is 2.09. The number of rotatable bonds is 5. The van der Waals surface area contributed by atoms with Gasteiger partial charge < -0.3 is 10.1 Å². The van der Waals surface area contributed by atoms with E-state index in [2.05, 4.69) is 15.4 Å². The molecule has 1 aromatic heterocycles. The fraction of sp³-hybridized carbons (Fsp3) is 0.167. The van der Waals surface area contributed by atoms with Gasteiger partial charge in [-0.1, -0.05) is 36.4 Å². The second-order valence-electron chi connectivity index (χ2n) is 5.35. The first-order chi connectivity index (χ1) is 11.7. The molecule has 0 unspecified atom stereocenters. The number of hydrogen-bond donors (Lipinski definition) is 1. The molecule has 0 bridgehead atoms. The van der Waals surface area contributed by atoms with Gasteiger partial charge in [0.25, 0.3) is 5.91 Å². The van der Waals surface area contributed by atoms with Gasteiger partial charge in [-0.15, -0.1) is 5.10 Å². The summed E-state index contributed by atoms with van der Waals surface area (Å²) in [6.07, 6.45) is 1.50. The van der Waals surface area contributed by atoms with E-state index in [9.17, 15) is 4.79 Å². The molecule has 0 aliphatic carbocycles. The van der Waals surface area contributed by atoms with Gasteiger partial charge in [0.15, 0.2) is 0 Å². The Kier molecular flexibility index (Phi) is 4.56. The third-order valence-electron chi connectivity index (χ3n) is 3.63. The zero-order valence-corrected chi connectivity index (χ0v) is 13.6. The van der Waals surface area contributed by atoms with Gasteiger partial charge in [-0.3, -0.25) is 9.48 Å². The number of benzene rings is 2. The minimum absolute atomic E-state index is 0.173.